The molecule has 1 unspecified atom stereocenters. The van der Waals surface area contributed by atoms with E-state index in [1.165, 1.54) is 12.8 Å². The van der Waals surface area contributed by atoms with E-state index in [0.29, 0.717) is 24.3 Å². The molecule has 0 amide bonds. The molecule has 1 aromatic rings. The number of β-amino-alcohol motifs (C(OH)–C–C–N with tert-alkyl or cyclic N) is 1. The van der Waals surface area contributed by atoms with Crippen LogP contribution >= 0.6 is 0 Å². The van der Waals surface area contributed by atoms with Crippen molar-refractivity contribution < 1.29 is 14.6 Å². The number of carbonyl (C=O) groups excluding carboxylic acids is 1. The van der Waals surface area contributed by atoms with Gasteiger partial charge < -0.3 is 14.7 Å². The fraction of sp³-hybridized carbons (Fsp3) is 0.611. The van der Waals surface area contributed by atoms with Crippen LogP contribution in [0, 0.1) is 5.92 Å². The predicted octanol–water partition coefficient (Wildman–Crippen LogP) is 2.75. The van der Waals surface area contributed by atoms with Crippen molar-refractivity contribution in [2.24, 2.45) is 5.92 Å². The van der Waals surface area contributed by atoms with Gasteiger partial charge in [0.25, 0.3) is 0 Å². The molecule has 1 atom stereocenters. The van der Waals surface area contributed by atoms with E-state index in [1.807, 2.05) is 19.1 Å². The molecule has 22 heavy (non-hydrogen) atoms. The van der Waals surface area contributed by atoms with Crippen LogP contribution in [-0.4, -0.2) is 48.1 Å². The average molecular weight is 305 g/mol. The Morgan fingerprint density at radius 3 is 2.73 bits per heavy atom. The number of likely N-dealkylation sites (tertiary alicyclic amines) is 1. The molecule has 0 bridgehead atoms. The number of aliphatic hydroxyl groups excluding tert-OH is 1. The lowest BCUT2D eigenvalue weighted by molar-refractivity contribution is 0.0558. The van der Waals surface area contributed by atoms with Gasteiger partial charge in [0, 0.05) is 13.0 Å². The van der Waals surface area contributed by atoms with Crippen LogP contribution in [0.1, 0.15) is 43.5 Å². The molecule has 1 aliphatic heterocycles. The normalized spacial score (nSPS) is 18.1. The third-order valence-corrected chi connectivity index (χ3v) is 4.29. The zero-order valence-electron chi connectivity index (χ0n) is 13.6. The molecular formula is C18H27NO3. The van der Waals surface area contributed by atoms with Crippen molar-refractivity contribution in [1.29, 1.82) is 0 Å². The summed E-state index contributed by atoms with van der Waals surface area (Å²) in [5.74, 6) is 1.42. The SMILES string of the molecule is CCC(=O)c1ccccc1OCC(O)CN1CCC(C)CC1. The zero-order chi connectivity index (χ0) is 15.9. The average Bonchev–Trinajstić information content (AvgIpc) is 2.54. The molecule has 0 saturated carbocycles. The summed E-state index contributed by atoms with van der Waals surface area (Å²) in [6, 6.07) is 7.25. The van der Waals surface area contributed by atoms with Crippen LogP contribution in [0.4, 0.5) is 0 Å². The zero-order valence-corrected chi connectivity index (χ0v) is 13.6. The Labute approximate surface area is 133 Å². The Morgan fingerprint density at radius 2 is 2.05 bits per heavy atom. The summed E-state index contributed by atoms with van der Waals surface area (Å²) >= 11 is 0. The lowest BCUT2D eigenvalue weighted by Gasteiger charge is -2.31. The van der Waals surface area contributed by atoms with Crippen LogP contribution in [-0.2, 0) is 0 Å². The molecule has 0 radical (unpaired) electrons. The predicted molar refractivity (Wildman–Crippen MR) is 87.4 cm³/mol. The van der Waals surface area contributed by atoms with Crippen LogP contribution in [0.25, 0.3) is 0 Å². The maximum atomic E-state index is 11.9. The fourth-order valence-corrected chi connectivity index (χ4v) is 2.79. The summed E-state index contributed by atoms with van der Waals surface area (Å²) in [4.78, 5) is 14.2. The highest BCUT2D eigenvalue weighted by molar-refractivity contribution is 5.98. The van der Waals surface area contributed by atoms with E-state index in [-0.39, 0.29) is 12.4 Å². The van der Waals surface area contributed by atoms with Gasteiger partial charge in [-0.3, -0.25) is 4.79 Å². The second kappa shape index (κ2) is 8.30. The van der Waals surface area contributed by atoms with Crippen molar-refractivity contribution >= 4 is 5.78 Å². The smallest absolute Gasteiger partial charge is 0.166 e. The van der Waals surface area contributed by atoms with E-state index in [0.717, 1.165) is 19.0 Å². The van der Waals surface area contributed by atoms with Gasteiger partial charge in [0.1, 0.15) is 18.5 Å². The Morgan fingerprint density at radius 1 is 1.36 bits per heavy atom. The maximum Gasteiger partial charge on any atom is 0.166 e. The molecule has 0 aliphatic carbocycles. The van der Waals surface area contributed by atoms with Gasteiger partial charge >= 0.3 is 0 Å². The van der Waals surface area contributed by atoms with Crippen molar-refractivity contribution in [3.8, 4) is 5.75 Å². The van der Waals surface area contributed by atoms with Gasteiger partial charge in [-0.15, -0.1) is 0 Å². The minimum atomic E-state index is -0.529. The van der Waals surface area contributed by atoms with Gasteiger partial charge in [0.05, 0.1) is 5.56 Å². The van der Waals surface area contributed by atoms with E-state index in [4.69, 9.17) is 4.74 Å². The molecule has 4 nitrogen and oxygen atoms in total. The molecule has 1 fully saturated rings. The Balaban J connectivity index is 1.83. The Hall–Kier alpha value is -1.39. The molecule has 1 saturated heterocycles. The molecule has 1 N–H and O–H groups in total. The number of hydrogen-bond donors (Lipinski definition) is 1. The van der Waals surface area contributed by atoms with E-state index in [2.05, 4.69) is 11.8 Å². The highest BCUT2D eigenvalue weighted by atomic mass is 16.5. The van der Waals surface area contributed by atoms with Crippen molar-refractivity contribution in [2.45, 2.75) is 39.2 Å². The first-order valence-corrected chi connectivity index (χ1v) is 8.25. The summed E-state index contributed by atoms with van der Waals surface area (Å²) in [6.07, 6.45) is 2.32. The summed E-state index contributed by atoms with van der Waals surface area (Å²) in [5.41, 5.74) is 0.601. The van der Waals surface area contributed by atoms with E-state index >= 15 is 0 Å². The van der Waals surface area contributed by atoms with Crippen LogP contribution < -0.4 is 4.74 Å². The summed E-state index contributed by atoms with van der Waals surface area (Å²) in [5, 5.41) is 10.2. The van der Waals surface area contributed by atoms with E-state index < -0.39 is 6.10 Å². The third kappa shape index (κ3) is 4.82. The number of ether oxygens (including phenoxy) is 1. The van der Waals surface area contributed by atoms with Crippen LogP contribution in [0.15, 0.2) is 24.3 Å². The number of ketones is 1. The second-order valence-corrected chi connectivity index (χ2v) is 6.22. The Bertz CT molecular complexity index is 481. The number of rotatable bonds is 7. The quantitative estimate of drug-likeness (QED) is 0.787. The molecule has 122 valence electrons. The molecular weight excluding hydrogens is 278 g/mol. The lowest BCUT2D eigenvalue weighted by atomic mass is 9.99. The molecule has 0 spiro atoms. The first-order chi connectivity index (χ1) is 10.6. The van der Waals surface area contributed by atoms with Crippen molar-refractivity contribution in [3.05, 3.63) is 29.8 Å². The monoisotopic (exact) mass is 305 g/mol. The summed E-state index contributed by atoms with van der Waals surface area (Å²) in [7, 11) is 0. The van der Waals surface area contributed by atoms with Crippen LogP contribution in [0.2, 0.25) is 0 Å². The van der Waals surface area contributed by atoms with Gasteiger partial charge in [-0.25, -0.2) is 0 Å². The first-order valence-electron chi connectivity index (χ1n) is 8.25. The third-order valence-electron chi connectivity index (χ3n) is 4.29. The van der Waals surface area contributed by atoms with Gasteiger partial charge in [0.15, 0.2) is 5.78 Å². The van der Waals surface area contributed by atoms with Crippen LogP contribution in [0.5, 0.6) is 5.75 Å². The van der Waals surface area contributed by atoms with Gasteiger partial charge in [-0.1, -0.05) is 26.0 Å². The maximum absolute atomic E-state index is 11.9. The molecule has 1 aliphatic rings. The minimum Gasteiger partial charge on any atom is -0.490 e. The molecule has 1 heterocycles. The lowest BCUT2D eigenvalue weighted by Crippen LogP contribution is -2.40. The highest BCUT2D eigenvalue weighted by Crippen LogP contribution is 2.20. The first kappa shape index (κ1) is 17.0. The van der Waals surface area contributed by atoms with Crippen molar-refractivity contribution in [3.63, 3.8) is 0 Å². The summed E-state index contributed by atoms with van der Waals surface area (Å²) in [6.45, 7) is 7.06. The largest absolute Gasteiger partial charge is 0.490 e. The number of para-hydroxylation sites is 1. The van der Waals surface area contributed by atoms with E-state index in [1.54, 1.807) is 12.1 Å². The minimum absolute atomic E-state index is 0.0649. The van der Waals surface area contributed by atoms with Gasteiger partial charge in [0.2, 0.25) is 0 Å². The molecule has 0 aromatic heterocycles. The fourth-order valence-electron chi connectivity index (χ4n) is 2.79. The topological polar surface area (TPSA) is 49.8 Å². The van der Waals surface area contributed by atoms with Gasteiger partial charge in [-0.2, -0.15) is 0 Å². The second-order valence-electron chi connectivity index (χ2n) is 6.22. The number of nitrogens with zero attached hydrogens (tertiary/aromatic N) is 1. The van der Waals surface area contributed by atoms with Crippen molar-refractivity contribution in [1.82, 2.24) is 4.90 Å². The number of aliphatic hydroxyl groups is 1. The van der Waals surface area contributed by atoms with Gasteiger partial charge in [-0.05, 0) is 44.0 Å². The Kier molecular flexibility index (Phi) is 6.40. The van der Waals surface area contributed by atoms with Crippen LogP contribution in [0.3, 0.4) is 0 Å². The number of benzene rings is 1. The number of Topliss-reactive ketones (excluding diaryl/α,β-unsaturated/α-hetero) is 1. The highest BCUT2D eigenvalue weighted by Gasteiger charge is 2.19. The summed E-state index contributed by atoms with van der Waals surface area (Å²) < 4.78 is 5.69. The number of piperidine rings is 1. The van der Waals surface area contributed by atoms with Crippen molar-refractivity contribution in [2.75, 3.05) is 26.2 Å². The number of carbonyl (C=O) groups is 1. The van der Waals surface area contributed by atoms with E-state index in [9.17, 15) is 9.90 Å². The standard InChI is InChI=1S/C18H27NO3/c1-3-17(21)16-6-4-5-7-18(16)22-13-15(20)12-19-10-8-14(2)9-11-19/h4-7,14-15,20H,3,8-13H2,1-2H3. The number of hydrogen-bond acceptors (Lipinski definition) is 4. The molecule has 1 aromatic carbocycles. The molecule has 4 heteroatoms. The molecule has 2 rings (SSSR count).